The van der Waals surface area contributed by atoms with Gasteiger partial charge in [-0.3, -0.25) is 19.4 Å². The van der Waals surface area contributed by atoms with Gasteiger partial charge >= 0.3 is 0 Å². The van der Waals surface area contributed by atoms with E-state index < -0.39 is 0 Å². The molecule has 1 atom stereocenters. The number of alkyl halides is 1. The zero-order valence-corrected chi connectivity index (χ0v) is 15.3. The highest BCUT2D eigenvalue weighted by Gasteiger charge is 2.17. The summed E-state index contributed by atoms with van der Waals surface area (Å²) in [6.07, 6.45) is 1.30. The van der Waals surface area contributed by atoms with Crippen LogP contribution in [0, 0.1) is 0 Å². The van der Waals surface area contributed by atoms with Gasteiger partial charge in [0.25, 0.3) is 0 Å². The lowest BCUT2D eigenvalue weighted by molar-refractivity contribution is -0.121. The van der Waals surface area contributed by atoms with Gasteiger partial charge in [0, 0.05) is 39.5 Å². The summed E-state index contributed by atoms with van der Waals surface area (Å²) in [6, 6.07) is -0.330. The van der Waals surface area contributed by atoms with Crippen LogP contribution in [0.3, 0.4) is 0 Å². The maximum atomic E-state index is 11.7. The molecule has 0 heterocycles. The van der Waals surface area contributed by atoms with E-state index in [1.54, 1.807) is 20.9 Å². The number of carbonyl (C=O) groups is 3. The average molecular weight is 362 g/mol. The van der Waals surface area contributed by atoms with Crippen LogP contribution in [0.1, 0.15) is 33.1 Å². The molecule has 0 aliphatic rings. The van der Waals surface area contributed by atoms with E-state index in [4.69, 9.17) is 11.6 Å². The van der Waals surface area contributed by atoms with Crippen molar-refractivity contribution in [3.8, 4) is 0 Å². The fourth-order valence-corrected chi connectivity index (χ4v) is 1.95. The molecule has 0 radical (unpaired) electrons. The van der Waals surface area contributed by atoms with E-state index >= 15 is 0 Å². The highest BCUT2D eigenvalue weighted by molar-refractivity contribution is 6.27. The molecule has 4 N–H and O–H groups in total. The van der Waals surface area contributed by atoms with E-state index in [1.165, 1.54) is 0 Å². The molecule has 24 heavy (non-hydrogen) atoms. The maximum Gasteiger partial charge on any atom is 0.234 e. The quantitative estimate of drug-likeness (QED) is 0.176. The van der Waals surface area contributed by atoms with E-state index in [-0.39, 0.29) is 29.6 Å². The van der Waals surface area contributed by atoms with Crippen LogP contribution in [-0.4, -0.2) is 62.2 Å². The molecule has 1 unspecified atom stereocenters. The SMILES string of the molecule is CCC(=O)NCCC(NC(=O)CC)C(=NC)NCCNC(=O)CCl. The zero-order chi connectivity index (χ0) is 18.4. The summed E-state index contributed by atoms with van der Waals surface area (Å²) in [7, 11) is 1.62. The number of amidine groups is 1. The first-order chi connectivity index (χ1) is 11.5. The van der Waals surface area contributed by atoms with Gasteiger partial charge in [-0.2, -0.15) is 0 Å². The Hall–Kier alpha value is -1.83. The zero-order valence-electron chi connectivity index (χ0n) is 14.6. The largest absolute Gasteiger partial charge is 0.370 e. The first-order valence-electron chi connectivity index (χ1n) is 8.07. The van der Waals surface area contributed by atoms with Crippen molar-refractivity contribution in [2.24, 2.45) is 4.99 Å². The second-order valence-electron chi connectivity index (χ2n) is 4.99. The number of hydrogen-bond donors (Lipinski definition) is 4. The number of carbonyl (C=O) groups excluding carboxylic acids is 3. The summed E-state index contributed by atoms with van der Waals surface area (Å²) >= 11 is 5.40. The summed E-state index contributed by atoms with van der Waals surface area (Å²) < 4.78 is 0. The molecule has 0 saturated heterocycles. The molecule has 8 nitrogen and oxygen atoms in total. The van der Waals surface area contributed by atoms with Crippen molar-refractivity contribution in [2.75, 3.05) is 32.6 Å². The maximum absolute atomic E-state index is 11.7. The fraction of sp³-hybridized carbons (Fsp3) is 0.733. The standard InChI is InChI=1S/C15H28ClN5O3/c1-4-12(22)18-7-6-11(21-13(23)5-2)15(17-3)20-9-8-19-14(24)10-16/h11H,4-10H2,1-3H3,(H,17,20)(H,18,22)(H,19,24)(H,21,23). The van der Waals surface area contributed by atoms with Gasteiger partial charge in [-0.1, -0.05) is 13.8 Å². The highest BCUT2D eigenvalue weighted by atomic mass is 35.5. The van der Waals surface area contributed by atoms with Crippen molar-refractivity contribution in [2.45, 2.75) is 39.2 Å². The summed E-state index contributed by atoms with van der Waals surface area (Å²) in [4.78, 5) is 38.3. The molecule has 0 aliphatic heterocycles. The number of hydrogen-bond acceptors (Lipinski definition) is 4. The van der Waals surface area contributed by atoms with Gasteiger partial charge < -0.3 is 21.3 Å². The predicted octanol–water partition coefficient (Wildman–Crippen LogP) is -0.230. The van der Waals surface area contributed by atoms with Crippen molar-refractivity contribution in [1.29, 1.82) is 0 Å². The average Bonchev–Trinajstić information content (AvgIpc) is 2.60. The molecule has 0 aromatic heterocycles. The molecule has 0 aromatic carbocycles. The lowest BCUT2D eigenvalue weighted by Crippen LogP contribution is -2.49. The number of rotatable bonds is 11. The Kier molecular flexibility index (Phi) is 12.6. The smallest absolute Gasteiger partial charge is 0.234 e. The minimum Gasteiger partial charge on any atom is -0.370 e. The van der Waals surface area contributed by atoms with Gasteiger partial charge in [0.1, 0.15) is 11.7 Å². The van der Waals surface area contributed by atoms with E-state index in [0.717, 1.165) is 0 Å². The van der Waals surface area contributed by atoms with Crippen molar-refractivity contribution < 1.29 is 14.4 Å². The normalized spacial score (nSPS) is 12.2. The number of aliphatic imine (C=N–C) groups is 1. The Labute approximate surface area is 148 Å². The molecular formula is C15H28ClN5O3. The van der Waals surface area contributed by atoms with Crippen molar-refractivity contribution in [3.63, 3.8) is 0 Å². The monoisotopic (exact) mass is 361 g/mol. The van der Waals surface area contributed by atoms with Crippen molar-refractivity contribution >= 4 is 35.2 Å². The van der Waals surface area contributed by atoms with Crippen molar-refractivity contribution in [1.82, 2.24) is 21.3 Å². The van der Waals surface area contributed by atoms with Gasteiger partial charge in [-0.25, -0.2) is 0 Å². The number of halogens is 1. The molecule has 0 bridgehead atoms. The molecule has 9 heteroatoms. The summed E-state index contributed by atoms with van der Waals surface area (Å²) in [5.74, 6) is 0.137. The second-order valence-corrected chi connectivity index (χ2v) is 5.25. The van der Waals surface area contributed by atoms with Crippen LogP contribution in [0.5, 0.6) is 0 Å². The molecule has 0 aromatic rings. The van der Waals surface area contributed by atoms with E-state index in [9.17, 15) is 14.4 Å². The fourth-order valence-electron chi connectivity index (χ4n) is 1.85. The Morgan fingerprint density at radius 3 is 2.04 bits per heavy atom. The van der Waals surface area contributed by atoms with Crippen LogP contribution in [0.4, 0.5) is 0 Å². The molecule has 0 aliphatic carbocycles. The van der Waals surface area contributed by atoms with Crippen LogP contribution in [0.2, 0.25) is 0 Å². The third kappa shape index (κ3) is 10.0. The number of amides is 3. The molecule has 3 amide bonds. The van der Waals surface area contributed by atoms with Gasteiger partial charge in [0.05, 0.1) is 6.04 Å². The first kappa shape index (κ1) is 22.2. The van der Waals surface area contributed by atoms with Crippen LogP contribution in [-0.2, 0) is 14.4 Å². The van der Waals surface area contributed by atoms with Gasteiger partial charge in [0.2, 0.25) is 17.7 Å². The van der Waals surface area contributed by atoms with Gasteiger partial charge in [-0.05, 0) is 6.42 Å². The van der Waals surface area contributed by atoms with Crippen molar-refractivity contribution in [3.05, 3.63) is 0 Å². The van der Waals surface area contributed by atoms with Crippen LogP contribution in [0.25, 0.3) is 0 Å². The van der Waals surface area contributed by atoms with Gasteiger partial charge in [0.15, 0.2) is 0 Å². The predicted molar refractivity (Wildman–Crippen MR) is 95.2 cm³/mol. The summed E-state index contributed by atoms with van der Waals surface area (Å²) in [5.41, 5.74) is 0. The Bertz CT molecular complexity index is 443. The molecule has 0 fully saturated rings. The van der Waals surface area contributed by atoms with E-state index in [2.05, 4.69) is 26.3 Å². The molecule has 0 saturated carbocycles. The lowest BCUT2D eigenvalue weighted by Gasteiger charge is -2.22. The topological polar surface area (TPSA) is 112 Å². The Morgan fingerprint density at radius 2 is 1.50 bits per heavy atom. The first-order valence-corrected chi connectivity index (χ1v) is 8.61. The molecule has 0 spiro atoms. The number of nitrogens with one attached hydrogen (secondary N) is 4. The second kappa shape index (κ2) is 13.6. The van der Waals surface area contributed by atoms with Crippen LogP contribution >= 0.6 is 11.6 Å². The van der Waals surface area contributed by atoms with E-state index in [0.29, 0.717) is 44.7 Å². The third-order valence-corrected chi connectivity index (χ3v) is 3.42. The third-order valence-electron chi connectivity index (χ3n) is 3.18. The molecular weight excluding hydrogens is 334 g/mol. The Morgan fingerprint density at radius 1 is 0.917 bits per heavy atom. The Balaban J connectivity index is 4.54. The number of nitrogens with zero attached hydrogens (tertiary/aromatic N) is 1. The summed E-state index contributed by atoms with van der Waals surface area (Å²) in [5, 5.41) is 11.4. The van der Waals surface area contributed by atoms with E-state index in [1.807, 2.05) is 0 Å². The lowest BCUT2D eigenvalue weighted by atomic mass is 10.1. The van der Waals surface area contributed by atoms with Gasteiger partial charge in [-0.15, -0.1) is 11.6 Å². The minimum atomic E-state index is -0.330. The van der Waals surface area contributed by atoms with Crippen LogP contribution in [0.15, 0.2) is 4.99 Å². The highest BCUT2D eigenvalue weighted by Crippen LogP contribution is 1.96. The summed E-state index contributed by atoms with van der Waals surface area (Å²) in [6.45, 7) is 4.83. The minimum absolute atomic E-state index is 0.0395. The molecule has 0 rings (SSSR count). The molecule has 138 valence electrons. The van der Waals surface area contributed by atoms with Crippen LogP contribution < -0.4 is 21.3 Å².